The van der Waals surface area contributed by atoms with Gasteiger partial charge in [-0.2, -0.15) is 0 Å². The van der Waals surface area contributed by atoms with E-state index in [1.54, 1.807) is 12.1 Å². The number of carbonyl (C=O) groups excluding carboxylic acids is 2. The number of rotatable bonds is 1. The zero-order valence-corrected chi connectivity index (χ0v) is 10.0. The number of imide groups is 1. The van der Waals surface area contributed by atoms with E-state index in [-0.39, 0.29) is 16.3 Å². The van der Waals surface area contributed by atoms with Gasteiger partial charge in [-0.3, -0.25) is 9.59 Å². The van der Waals surface area contributed by atoms with Gasteiger partial charge >= 0.3 is 0 Å². The highest BCUT2D eigenvalue weighted by Crippen LogP contribution is 2.25. The molecule has 8 heteroatoms. The Hall–Kier alpha value is -2.22. The molecule has 1 aliphatic heterocycles. The van der Waals surface area contributed by atoms with Gasteiger partial charge in [-0.25, -0.2) is 15.0 Å². The summed E-state index contributed by atoms with van der Waals surface area (Å²) in [7, 11) is 0. The fourth-order valence-electron chi connectivity index (χ4n) is 1.61. The van der Waals surface area contributed by atoms with Crippen LogP contribution in [0.3, 0.4) is 0 Å². The summed E-state index contributed by atoms with van der Waals surface area (Å²) in [5.41, 5.74) is 0.459. The molecule has 7 nitrogen and oxygen atoms in total. The van der Waals surface area contributed by atoms with Crippen LogP contribution >= 0.6 is 11.8 Å². The minimum atomic E-state index is -0.935. The summed E-state index contributed by atoms with van der Waals surface area (Å²) in [5, 5.41) is 12.2. The van der Waals surface area contributed by atoms with E-state index in [0.717, 1.165) is 16.7 Å². The molecule has 0 saturated carbocycles. The number of thioether (sulfide) groups is 1. The van der Waals surface area contributed by atoms with Gasteiger partial charge < -0.3 is 0 Å². The second kappa shape index (κ2) is 4.57. The Morgan fingerprint density at radius 3 is 2.17 bits per heavy atom. The van der Waals surface area contributed by atoms with Gasteiger partial charge in [0.2, 0.25) is 0 Å². The van der Waals surface area contributed by atoms with Crippen molar-refractivity contribution in [2.45, 2.75) is 0 Å². The van der Waals surface area contributed by atoms with Gasteiger partial charge in [0.15, 0.2) is 5.03 Å². The number of amides is 2. The van der Waals surface area contributed by atoms with Crippen LogP contribution in [0, 0.1) is 10.1 Å². The van der Waals surface area contributed by atoms with Crippen LogP contribution in [0.4, 0.5) is 0 Å². The molecule has 1 aliphatic rings. The van der Waals surface area contributed by atoms with E-state index >= 15 is 0 Å². The Labute approximate surface area is 106 Å². The molecule has 1 aromatic carbocycles. The standard InChI is InChI=1S/C10H7N3O4S/c1-18-10(11-13(16)17)12-8(14)6-4-2-3-5-7(6)9(12)15/h2-5H,1H3/b11-10-/i10+1. The summed E-state index contributed by atoms with van der Waals surface area (Å²) in [6, 6.07) is 6.24. The average molecular weight is 266 g/mol. The molecular formula is C10H7N3O4S. The van der Waals surface area contributed by atoms with Crippen LogP contribution < -0.4 is 0 Å². The van der Waals surface area contributed by atoms with Crippen molar-refractivity contribution >= 4 is 28.7 Å². The molecule has 1 heterocycles. The van der Waals surface area contributed by atoms with Crippen LogP contribution in [-0.4, -0.2) is 33.2 Å². The lowest BCUT2D eigenvalue weighted by molar-refractivity contribution is -0.485. The molecule has 0 saturated heterocycles. The normalized spacial score (nSPS) is 14.9. The van der Waals surface area contributed by atoms with Crippen LogP contribution in [0.5, 0.6) is 0 Å². The van der Waals surface area contributed by atoms with Crippen molar-refractivity contribution in [3.05, 3.63) is 45.5 Å². The van der Waals surface area contributed by atoms with Crippen molar-refractivity contribution in [1.82, 2.24) is 4.90 Å². The van der Waals surface area contributed by atoms with Crippen LogP contribution in [0.1, 0.15) is 20.7 Å². The number of fused-ring (bicyclic) bond motifs is 1. The van der Waals surface area contributed by atoms with Crippen molar-refractivity contribution in [1.29, 1.82) is 0 Å². The van der Waals surface area contributed by atoms with Gasteiger partial charge in [0.1, 0.15) is 0 Å². The number of hydrogen-bond acceptors (Lipinski definition) is 5. The Morgan fingerprint density at radius 1 is 1.28 bits per heavy atom. The van der Waals surface area contributed by atoms with Gasteiger partial charge in [-0.1, -0.05) is 23.9 Å². The maximum Gasteiger partial charge on any atom is 0.267 e. The van der Waals surface area contributed by atoms with E-state index in [9.17, 15) is 19.7 Å². The molecule has 2 rings (SSSR count). The molecular weight excluding hydrogens is 259 g/mol. The zero-order chi connectivity index (χ0) is 13.3. The van der Waals surface area contributed by atoms with Gasteiger partial charge in [0, 0.05) is 0 Å². The summed E-state index contributed by atoms with van der Waals surface area (Å²) in [5.74, 6) is -1.18. The quantitative estimate of drug-likeness (QED) is 0.190. The summed E-state index contributed by atoms with van der Waals surface area (Å²) < 4.78 is 0. The Kier molecular flexibility index (Phi) is 3.11. The minimum Gasteiger partial charge on any atom is -0.268 e. The molecule has 0 atom stereocenters. The molecule has 92 valence electrons. The summed E-state index contributed by atoms with van der Waals surface area (Å²) in [6.45, 7) is 0. The number of amidine groups is 1. The first-order valence-corrected chi connectivity index (χ1v) is 6.03. The first kappa shape index (κ1) is 12.2. The van der Waals surface area contributed by atoms with E-state index in [0.29, 0.717) is 0 Å². The van der Waals surface area contributed by atoms with E-state index in [1.165, 1.54) is 18.4 Å². The molecule has 18 heavy (non-hydrogen) atoms. The average Bonchev–Trinajstić information content (AvgIpc) is 2.60. The first-order valence-electron chi connectivity index (χ1n) is 4.81. The fraction of sp³-hybridized carbons (Fsp3) is 0.100. The van der Waals surface area contributed by atoms with E-state index in [2.05, 4.69) is 5.10 Å². The number of benzene rings is 1. The van der Waals surface area contributed by atoms with E-state index in [1.807, 2.05) is 0 Å². The summed E-state index contributed by atoms with van der Waals surface area (Å²) in [4.78, 5) is 35.0. The Balaban J connectivity index is 2.48. The second-order valence-electron chi connectivity index (χ2n) is 3.32. The Morgan fingerprint density at radius 2 is 1.78 bits per heavy atom. The summed E-state index contributed by atoms with van der Waals surface area (Å²) >= 11 is 0.866. The third-order valence-electron chi connectivity index (χ3n) is 2.34. The van der Waals surface area contributed by atoms with Gasteiger partial charge in [-0.05, 0) is 18.4 Å². The third kappa shape index (κ3) is 1.86. The molecule has 0 spiro atoms. The summed E-state index contributed by atoms with van der Waals surface area (Å²) in [6.07, 6.45) is 1.51. The van der Waals surface area contributed by atoms with Crippen molar-refractivity contribution in [2.24, 2.45) is 5.10 Å². The topological polar surface area (TPSA) is 92.9 Å². The minimum absolute atomic E-state index is 0.229. The predicted molar refractivity (Wildman–Crippen MR) is 64.9 cm³/mol. The molecule has 0 unspecified atom stereocenters. The molecule has 0 aromatic heterocycles. The number of nitro groups is 1. The SMILES string of the molecule is CS/[13C](=N\[N+](=O)[O-])N1C(=O)c2ccccc2C1=O. The monoisotopic (exact) mass is 266 g/mol. The smallest absolute Gasteiger partial charge is 0.267 e. The Bertz CT molecular complexity index is 549. The van der Waals surface area contributed by atoms with Crippen molar-refractivity contribution in [3.63, 3.8) is 0 Å². The lowest BCUT2D eigenvalue weighted by Gasteiger charge is -2.10. The molecule has 0 bridgehead atoms. The molecule has 0 aliphatic carbocycles. The molecule has 1 aromatic rings. The second-order valence-corrected chi connectivity index (χ2v) is 4.09. The maximum atomic E-state index is 12.0. The highest BCUT2D eigenvalue weighted by molar-refractivity contribution is 8.13. The first-order chi connectivity index (χ1) is 8.56. The van der Waals surface area contributed by atoms with Gasteiger partial charge in [0.25, 0.3) is 17.0 Å². The van der Waals surface area contributed by atoms with Gasteiger partial charge in [0.05, 0.1) is 16.2 Å². The molecule has 2 amide bonds. The number of hydrogen-bond donors (Lipinski definition) is 0. The number of nitrogens with zero attached hydrogens (tertiary/aromatic N) is 3. The van der Waals surface area contributed by atoms with Crippen LogP contribution in [0.15, 0.2) is 29.4 Å². The van der Waals surface area contributed by atoms with Crippen molar-refractivity contribution < 1.29 is 14.6 Å². The third-order valence-corrected chi connectivity index (χ3v) is 2.96. The maximum absolute atomic E-state index is 12.0. The molecule has 0 N–H and O–H groups in total. The highest BCUT2D eigenvalue weighted by atomic mass is 32.2. The molecule has 0 fully saturated rings. The highest BCUT2D eigenvalue weighted by Gasteiger charge is 2.39. The van der Waals surface area contributed by atoms with Crippen LogP contribution in [0.2, 0.25) is 0 Å². The van der Waals surface area contributed by atoms with Crippen LogP contribution in [0.25, 0.3) is 0 Å². The predicted octanol–water partition coefficient (Wildman–Crippen LogP) is 1.19. The van der Waals surface area contributed by atoms with Gasteiger partial charge in [-0.15, -0.1) is 0 Å². The largest absolute Gasteiger partial charge is 0.268 e. The van der Waals surface area contributed by atoms with Crippen LogP contribution in [-0.2, 0) is 0 Å². The van der Waals surface area contributed by atoms with E-state index < -0.39 is 16.8 Å². The number of hydrazone groups is 1. The van der Waals surface area contributed by atoms with Crippen molar-refractivity contribution in [3.8, 4) is 0 Å². The molecule has 0 radical (unpaired) electrons. The number of carbonyl (C=O) groups is 2. The lowest BCUT2D eigenvalue weighted by Crippen LogP contribution is -2.34. The lowest BCUT2D eigenvalue weighted by atomic mass is 10.1. The zero-order valence-electron chi connectivity index (χ0n) is 9.19. The fourth-order valence-corrected chi connectivity index (χ4v) is 2.11. The van der Waals surface area contributed by atoms with E-state index in [4.69, 9.17) is 0 Å². The van der Waals surface area contributed by atoms with Crippen molar-refractivity contribution in [2.75, 3.05) is 6.26 Å².